The number of hydrogen-bond acceptors (Lipinski definition) is 4. The van der Waals surface area contributed by atoms with Crippen LogP contribution in [-0.2, 0) is 20.4 Å². The molecule has 1 N–H and O–H groups in total. The molecule has 104 valence electrons. The van der Waals surface area contributed by atoms with Gasteiger partial charge in [0.15, 0.2) is 14.9 Å². The molecule has 19 heavy (non-hydrogen) atoms. The minimum atomic E-state index is -3.88. The first-order chi connectivity index (χ1) is 8.71. The maximum atomic E-state index is 13.4. The van der Waals surface area contributed by atoms with Gasteiger partial charge in [-0.3, -0.25) is 10.3 Å². The summed E-state index contributed by atoms with van der Waals surface area (Å²) >= 11 is 0. The summed E-state index contributed by atoms with van der Waals surface area (Å²) in [5, 5.41) is -0.180. The van der Waals surface area contributed by atoms with Crippen molar-refractivity contribution in [3.8, 4) is 0 Å². The van der Waals surface area contributed by atoms with Gasteiger partial charge in [-0.2, -0.15) is 0 Å². The molecule has 0 bridgehead atoms. The normalized spacial score (nSPS) is 18.0. The van der Waals surface area contributed by atoms with Crippen molar-refractivity contribution < 1.29 is 22.0 Å². The van der Waals surface area contributed by atoms with Gasteiger partial charge in [0.05, 0.1) is 5.75 Å². The van der Waals surface area contributed by atoms with Gasteiger partial charge in [0, 0.05) is 5.56 Å². The van der Waals surface area contributed by atoms with Crippen molar-refractivity contribution in [2.45, 2.75) is 25.2 Å². The first-order valence-corrected chi connectivity index (χ1v) is 7.19. The Morgan fingerprint density at radius 3 is 2.32 bits per heavy atom. The number of sulfone groups is 1. The molecular weight excluding hydrogens is 276 g/mol. The van der Waals surface area contributed by atoms with E-state index >= 15 is 0 Å². The quantitative estimate of drug-likeness (QED) is 0.925. The Kier molecular flexibility index (Phi) is 3.36. The van der Waals surface area contributed by atoms with E-state index in [2.05, 4.69) is 5.48 Å². The molecule has 0 spiro atoms. The summed E-state index contributed by atoms with van der Waals surface area (Å²) in [5.41, 5.74) is 1.02. The van der Waals surface area contributed by atoms with Crippen LogP contribution in [0.15, 0.2) is 29.3 Å². The second-order valence-electron chi connectivity index (χ2n) is 4.78. The molecule has 1 aliphatic heterocycles. The lowest BCUT2D eigenvalue weighted by molar-refractivity contribution is -0.0129. The fourth-order valence-electron chi connectivity index (χ4n) is 1.65. The molecule has 0 amide bonds. The van der Waals surface area contributed by atoms with Gasteiger partial charge in [0.25, 0.3) is 0 Å². The maximum Gasteiger partial charge on any atom is 0.199 e. The van der Waals surface area contributed by atoms with E-state index in [1.807, 2.05) is 0 Å². The maximum absolute atomic E-state index is 13.4. The molecule has 1 aliphatic rings. The molecular formula is C12H13F2NO3S. The predicted molar refractivity (Wildman–Crippen MR) is 65.4 cm³/mol. The third kappa shape index (κ3) is 2.93. The third-order valence-corrected chi connectivity index (χ3v) is 4.16. The Bertz CT molecular complexity index is 618. The summed E-state index contributed by atoms with van der Waals surface area (Å²) in [6.45, 7) is 3.32. The van der Waals surface area contributed by atoms with Crippen LogP contribution >= 0.6 is 0 Å². The topological polar surface area (TPSA) is 55.4 Å². The van der Waals surface area contributed by atoms with E-state index in [1.54, 1.807) is 13.8 Å². The van der Waals surface area contributed by atoms with Crippen molar-refractivity contribution in [2.75, 3.05) is 0 Å². The van der Waals surface area contributed by atoms with E-state index in [9.17, 15) is 17.2 Å². The highest BCUT2D eigenvalue weighted by Crippen LogP contribution is 2.25. The molecule has 0 radical (unpaired) electrons. The van der Waals surface area contributed by atoms with Crippen molar-refractivity contribution in [3.05, 3.63) is 46.5 Å². The van der Waals surface area contributed by atoms with E-state index in [-0.39, 0.29) is 5.03 Å². The Morgan fingerprint density at radius 2 is 1.84 bits per heavy atom. The minimum absolute atomic E-state index is 0.180. The van der Waals surface area contributed by atoms with Crippen LogP contribution in [0.25, 0.3) is 0 Å². The summed E-state index contributed by atoms with van der Waals surface area (Å²) in [7, 11) is -3.88. The van der Waals surface area contributed by atoms with Crippen LogP contribution in [0.2, 0.25) is 0 Å². The molecule has 0 aromatic heterocycles. The third-order valence-electron chi connectivity index (χ3n) is 2.62. The van der Waals surface area contributed by atoms with Gasteiger partial charge in [-0.05, 0) is 32.1 Å². The van der Waals surface area contributed by atoms with Crippen LogP contribution in [0.4, 0.5) is 8.78 Å². The monoisotopic (exact) mass is 289 g/mol. The molecule has 0 saturated carbocycles. The lowest BCUT2D eigenvalue weighted by atomic mass is 10.1. The summed E-state index contributed by atoms with van der Waals surface area (Å²) < 4.78 is 51.0. The summed E-state index contributed by atoms with van der Waals surface area (Å²) in [6.07, 6.45) is 1.36. The molecule has 0 unspecified atom stereocenters. The number of nitrogens with one attached hydrogen (secondary N) is 1. The number of hydroxylamine groups is 1. The van der Waals surface area contributed by atoms with Crippen LogP contribution < -0.4 is 5.48 Å². The minimum Gasteiger partial charge on any atom is -0.265 e. The second kappa shape index (κ2) is 4.57. The zero-order valence-corrected chi connectivity index (χ0v) is 11.2. The van der Waals surface area contributed by atoms with Gasteiger partial charge in [-0.15, -0.1) is 0 Å². The van der Waals surface area contributed by atoms with Crippen molar-refractivity contribution in [2.24, 2.45) is 0 Å². The fraction of sp³-hybridized carbons (Fsp3) is 0.333. The summed E-state index contributed by atoms with van der Waals surface area (Å²) in [6, 6.07) is 3.22. The van der Waals surface area contributed by atoms with Gasteiger partial charge in [0.1, 0.15) is 17.2 Å². The highest BCUT2D eigenvalue weighted by Gasteiger charge is 2.32. The fourth-order valence-corrected chi connectivity index (χ4v) is 3.09. The Morgan fingerprint density at radius 1 is 1.26 bits per heavy atom. The smallest absolute Gasteiger partial charge is 0.199 e. The van der Waals surface area contributed by atoms with E-state index in [4.69, 9.17) is 4.84 Å². The number of hydrogen-bond donors (Lipinski definition) is 1. The van der Waals surface area contributed by atoms with Crippen molar-refractivity contribution in [1.82, 2.24) is 5.48 Å². The molecule has 0 fully saturated rings. The van der Waals surface area contributed by atoms with Gasteiger partial charge in [-0.25, -0.2) is 17.2 Å². The van der Waals surface area contributed by atoms with Crippen molar-refractivity contribution in [3.63, 3.8) is 0 Å². The zero-order valence-electron chi connectivity index (χ0n) is 10.4. The van der Waals surface area contributed by atoms with Gasteiger partial charge in [0.2, 0.25) is 0 Å². The Hall–Kier alpha value is -1.47. The van der Waals surface area contributed by atoms with E-state index in [0.717, 1.165) is 12.1 Å². The predicted octanol–water partition coefficient (Wildman–Crippen LogP) is 2.03. The molecule has 1 aromatic rings. The van der Waals surface area contributed by atoms with E-state index in [0.29, 0.717) is 0 Å². The number of rotatable bonds is 3. The zero-order chi connectivity index (χ0) is 14.3. The molecule has 0 saturated heterocycles. The van der Waals surface area contributed by atoms with Crippen molar-refractivity contribution >= 4 is 9.84 Å². The first kappa shape index (κ1) is 14.0. The van der Waals surface area contributed by atoms with E-state index < -0.39 is 38.4 Å². The molecule has 0 aliphatic carbocycles. The van der Waals surface area contributed by atoms with Gasteiger partial charge in [-0.1, -0.05) is 6.07 Å². The standard InChI is InChI=1S/C12H13F2NO3S/c1-12(2)6-11(15-18-12)19(16,17)7-8-9(13)4-3-5-10(8)14/h3-6,15H,7H2,1-2H3. The molecule has 7 heteroatoms. The van der Waals surface area contributed by atoms with Crippen LogP contribution in [0.1, 0.15) is 19.4 Å². The Labute approximate surface area is 109 Å². The largest absolute Gasteiger partial charge is 0.265 e. The average molecular weight is 289 g/mol. The molecule has 0 atom stereocenters. The highest BCUT2D eigenvalue weighted by atomic mass is 32.2. The highest BCUT2D eigenvalue weighted by molar-refractivity contribution is 7.94. The van der Waals surface area contributed by atoms with E-state index in [1.165, 1.54) is 12.1 Å². The van der Waals surface area contributed by atoms with Crippen LogP contribution in [0.5, 0.6) is 0 Å². The molecule has 4 nitrogen and oxygen atoms in total. The van der Waals surface area contributed by atoms with Gasteiger partial charge >= 0.3 is 0 Å². The molecule has 1 heterocycles. The summed E-state index contributed by atoms with van der Waals surface area (Å²) in [5.74, 6) is -2.53. The summed E-state index contributed by atoms with van der Waals surface area (Å²) in [4.78, 5) is 5.03. The lowest BCUT2D eigenvalue weighted by Gasteiger charge is -2.11. The van der Waals surface area contributed by atoms with Crippen LogP contribution in [0.3, 0.4) is 0 Å². The first-order valence-electron chi connectivity index (χ1n) is 5.54. The molecule has 2 rings (SSSR count). The average Bonchev–Trinajstić information content (AvgIpc) is 2.65. The van der Waals surface area contributed by atoms with Crippen molar-refractivity contribution in [1.29, 1.82) is 0 Å². The SMILES string of the molecule is CC1(C)C=C(S(=O)(=O)Cc2c(F)cccc2F)NO1. The molecule has 1 aromatic carbocycles. The Balaban J connectivity index is 2.33. The number of benzene rings is 1. The van der Waals surface area contributed by atoms with Crippen LogP contribution in [-0.4, -0.2) is 14.0 Å². The second-order valence-corrected chi connectivity index (χ2v) is 6.73. The number of halogens is 2. The lowest BCUT2D eigenvalue weighted by Crippen LogP contribution is -2.22. The van der Waals surface area contributed by atoms with Gasteiger partial charge < -0.3 is 0 Å². The van der Waals surface area contributed by atoms with Crippen LogP contribution in [0, 0.1) is 11.6 Å².